The standard InChI is InChI=1S/C26H35BrN4O4/c1-26(2,3)22(29-25(34)35-4)24(33)30-31(17-19-10-12-21(27)13-11-19)15-14-20(23(28)32)16-18-8-6-5-7-9-18/h5-13,20,22H,14-17H2,1-4H3,(H2,28,32)(H,29,34)(H,30,33)/t20?,22-/m1/s1. The van der Waals surface area contributed by atoms with Crippen LogP contribution in [0.1, 0.15) is 38.3 Å². The highest BCUT2D eigenvalue weighted by Gasteiger charge is 2.34. The number of nitrogens with zero attached hydrogens (tertiary/aromatic N) is 1. The van der Waals surface area contributed by atoms with E-state index in [1.54, 1.807) is 5.01 Å². The Balaban J connectivity index is 2.19. The molecule has 0 saturated carbocycles. The van der Waals surface area contributed by atoms with Gasteiger partial charge < -0.3 is 15.8 Å². The van der Waals surface area contributed by atoms with Crippen LogP contribution < -0.4 is 16.5 Å². The molecule has 2 atom stereocenters. The third-order valence-corrected chi connectivity index (χ3v) is 6.13. The first-order valence-electron chi connectivity index (χ1n) is 11.5. The van der Waals surface area contributed by atoms with Gasteiger partial charge >= 0.3 is 6.09 Å². The SMILES string of the molecule is COC(=O)N[C@H](C(=O)NN(CCC(Cc1ccccc1)C(N)=O)Cc1ccc(Br)cc1)C(C)(C)C. The summed E-state index contributed by atoms with van der Waals surface area (Å²) < 4.78 is 5.65. The Morgan fingerprint density at radius 1 is 1.03 bits per heavy atom. The lowest BCUT2D eigenvalue weighted by atomic mass is 9.86. The van der Waals surface area contributed by atoms with E-state index in [2.05, 4.69) is 26.7 Å². The first-order chi connectivity index (χ1) is 16.5. The molecule has 8 nitrogen and oxygen atoms in total. The van der Waals surface area contributed by atoms with Crippen molar-refractivity contribution in [2.24, 2.45) is 17.1 Å². The number of nitrogens with two attached hydrogens (primary N) is 1. The van der Waals surface area contributed by atoms with Crippen LogP contribution in [0.5, 0.6) is 0 Å². The maximum atomic E-state index is 13.2. The van der Waals surface area contributed by atoms with E-state index in [9.17, 15) is 14.4 Å². The second-order valence-electron chi connectivity index (χ2n) is 9.54. The van der Waals surface area contributed by atoms with Crippen molar-refractivity contribution in [1.82, 2.24) is 15.8 Å². The molecular weight excluding hydrogens is 512 g/mol. The molecule has 0 aromatic heterocycles. The number of amides is 3. The van der Waals surface area contributed by atoms with Gasteiger partial charge in [-0.15, -0.1) is 0 Å². The first-order valence-corrected chi connectivity index (χ1v) is 12.3. The van der Waals surface area contributed by atoms with Crippen molar-refractivity contribution in [3.8, 4) is 0 Å². The van der Waals surface area contributed by atoms with Crippen LogP contribution in [0.15, 0.2) is 59.1 Å². The van der Waals surface area contributed by atoms with Gasteiger partial charge in [-0.25, -0.2) is 9.80 Å². The molecule has 190 valence electrons. The monoisotopic (exact) mass is 546 g/mol. The van der Waals surface area contributed by atoms with Gasteiger partial charge in [0.15, 0.2) is 0 Å². The topological polar surface area (TPSA) is 114 Å². The third-order valence-electron chi connectivity index (χ3n) is 5.61. The van der Waals surface area contributed by atoms with E-state index in [-0.39, 0.29) is 11.8 Å². The first kappa shape index (κ1) is 28.3. The van der Waals surface area contributed by atoms with Gasteiger partial charge in [0.05, 0.1) is 7.11 Å². The summed E-state index contributed by atoms with van der Waals surface area (Å²) in [5.41, 5.74) is 10.1. The summed E-state index contributed by atoms with van der Waals surface area (Å²) in [6, 6.07) is 16.6. The molecule has 0 spiro atoms. The predicted molar refractivity (Wildman–Crippen MR) is 139 cm³/mol. The minimum absolute atomic E-state index is 0.376. The molecule has 2 aromatic carbocycles. The van der Waals surface area contributed by atoms with Crippen LogP contribution >= 0.6 is 15.9 Å². The fourth-order valence-electron chi connectivity index (χ4n) is 3.61. The molecule has 0 aliphatic carbocycles. The van der Waals surface area contributed by atoms with E-state index in [1.807, 2.05) is 75.4 Å². The maximum Gasteiger partial charge on any atom is 0.407 e. The van der Waals surface area contributed by atoms with Gasteiger partial charge in [0.1, 0.15) is 6.04 Å². The van der Waals surface area contributed by atoms with E-state index >= 15 is 0 Å². The normalized spacial score (nSPS) is 13.1. The maximum absolute atomic E-state index is 13.2. The number of methoxy groups -OCH3 is 1. The lowest BCUT2D eigenvalue weighted by Crippen LogP contribution is -2.57. The smallest absolute Gasteiger partial charge is 0.407 e. The van der Waals surface area contributed by atoms with Crippen molar-refractivity contribution in [3.05, 3.63) is 70.2 Å². The Kier molecular flexibility index (Phi) is 10.7. The second kappa shape index (κ2) is 13.3. The Labute approximate surface area is 215 Å². The Bertz CT molecular complexity index is 977. The van der Waals surface area contributed by atoms with Gasteiger partial charge in [0.2, 0.25) is 5.91 Å². The van der Waals surface area contributed by atoms with Crippen molar-refractivity contribution in [3.63, 3.8) is 0 Å². The molecule has 0 saturated heterocycles. The molecule has 1 unspecified atom stereocenters. The van der Waals surface area contributed by atoms with Gasteiger partial charge in [0.25, 0.3) is 5.91 Å². The Morgan fingerprint density at radius 2 is 1.66 bits per heavy atom. The molecule has 2 rings (SSSR count). The van der Waals surface area contributed by atoms with Crippen molar-refractivity contribution in [2.45, 2.75) is 46.2 Å². The zero-order valence-electron chi connectivity index (χ0n) is 20.7. The molecule has 0 fully saturated rings. The van der Waals surface area contributed by atoms with Crippen LogP contribution in [0.25, 0.3) is 0 Å². The van der Waals surface area contributed by atoms with Crippen LogP contribution in [0.2, 0.25) is 0 Å². The number of halogens is 1. The van der Waals surface area contributed by atoms with Gasteiger partial charge in [-0.2, -0.15) is 0 Å². The zero-order valence-corrected chi connectivity index (χ0v) is 22.3. The van der Waals surface area contributed by atoms with Crippen LogP contribution in [0.3, 0.4) is 0 Å². The van der Waals surface area contributed by atoms with E-state index in [0.717, 1.165) is 15.6 Å². The highest BCUT2D eigenvalue weighted by molar-refractivity contribution is 9.10. The molecule has 4 N–H and O–H groups in total. The van der Waals surface area contributed by atoms with E-state index in [4.69, 9.17) is 10.5 Å². The molecule has 35 heavy (non-hydrogen) atoms. The van der Waals surface area contributed by atoms with E-state index in [1.165, 1.54) is 7.11 Å². The fourth-order valence-corrected chi connectivity index (χ4v) is 3.88. The number of hydrogen-bond donors (Lipinski definition) is 3. The number of hydrogen-bond acceptors (Lipinski definition) is 5. The summed E-state index contributed by atoms with van der Waals surface area (Å²) in [6.07, 6.45) is 0.285. The molecule has 0 bridgehead atoms. The minimum Gasteiger partial charge on any atom is -0.453 e. The largest absolute Gasteiger partial charge is 0.453 e. The summed E-state index contributed by atoms with van der Waals surface area (Å²) in [4.78, 5) is 37.3. The molecule has 0 aliphatic rings. The number of hydrazine groups is 1. The number of nitrogens with one attached hydrogen (secondary N) is 2. The Morgan fingerprint density at radius 3 is 2.20 bits per heavy atom. The average molecular weight is 547 g/mol. The molecular formula is C26H35BrN4O4. The average Bonchev–Trinajstić information content (AvgIpc) is 2.80. The molecule has 0 heterocycles. The molecule has 3 amide bonds. The lowest BCUT2D eigenvalue weighted by Gasteiger charge is -2.33. The summed E-state index contributed by atoms with van der Waals surface area (Å²) in [5.74, 6) is -1.16. The number of benzene rings is 2. The van der Waals surface area contributed by atoms with E-state index in [0.29, 0.717) is 25.9 Å². The summed E-state index contributed by atoms with van der Waals surface area (Å²) in [7, 11) is 1.25. The fraction of sp³-hybridized carbons (Fsp3) is 0.423. The molecule has 0 radical (unpaired) electrons. The summed E-state index contributed by atoms with van der Waals surface area (Å²) in [6.45, 7) is 6.36. The van der Waals surface area contributed by atoms with Crippen LogP contribution in [0.4, 0.5) is 4.79 Å². The quantitative estimate of drug-likeness (QED) is 0.371. The zero-order chi connectivity index (χ0) is 26.0. The highest BCUT2D eigenvalue weighted by atomic mass is 79.9. The van der Waals surface area contributed by atoms with Crippen molar-refractivity contribution >= 4 is 33.8 Å². The summed E-state index contributed by atoms with van der Waals surface area (Å²) in [5, 5.41) is 4.37. The van der Waals surface area contributed by atoms with Gasteiger partial charge in [-0.05, 0) is 41.5 Å². The minimum atomic E-state index is -0.835. The second-order valence-corrected chi connectivity index (χ2v) is 10.5. The molecule has 0 aliphatic heterocycles. The van der Waals surface area contributed by atoms with Gasteiger partial charge in [0, 0.05) is 23.5 Å². The molecule has 9 heteroatoms. The van der Waals surface area contributed by atoms with Crippen LogP contribution in [-0.4, -0.2) is 42.6 Å². The van der Waals surface area contributed by atoms with E-state index < -0.39 is 23.5 Å². The number of primary amides is 1. The third kappa shape index (κ3) is 9.70. The Hall–Kier alpha value is -2.91. The number of rotatable bonds is 11. The number of ether oxygens (including phenoxy) is 1. The number of alkyl carbamates (subject to hydrolysis) is 1. The van der Waals surface area contributed by atoms with Gasteiger partial charge in [-0.3, -0.25) is 15.0 Å². The van der Waals surface area contributed by atoms with Crippen LogP contribution in [0, 0.1) is 11.3 Å². The number of carbonyl (C=O) groups excluding carboxylic acids is 3. The van der Waals surface area contributed by atoms with Crippen molar-refractivity contribution < 1.29 is 19.1 Å². The number of carbonyl (C=O) groups is 3. The predicted octanol–water partition coefficient (Wildman–Crippen LogP) is 3.79. The summed E-state index contributed by atoms with van der Waals surface area (Å²) >= 11 is 3.43. The highest BCUT2D eigenvalue weighted by Crippen LogP contribution is 2.21. The lowest BCUT2D eigenvalue weighted by molar-refractivity contribution is -0.130. The van der Waals surface area contributed by atoms with Gasteiger partial charge in [-0.1, -0.05) is 79.2 Å². The van der Waals surface area contributed by atoms with Crippen molar-refractivity contribution in [1.29, 1.82) is 0 Å². The molecule has 2 aromatic rings. The van der Waals surface area contributed by atoms with Crippen molar-refractivity contribution in [2.75, 3.05) is 13.7 Å². The van der Waals surface area contributed by atoms with Crippen LogP contribution in [-0.2, 0) is 27.3 Å².